The molecule has 0 heterocycles. The standard InChI is InChI=1S/C16H20F3NO4/c1-15(2,3)24-14(23)20-9-11(13(21)22)8-10-4-6-12(7-5-10)16(17,18)19/h4-7,11H,8-9H2,1-3H3,(H,20,23)(H,21,22). The third-order valence-corrected chi connectivity index (χ3v) is 3.00. The van der Waals surface area contributed by atoms with Crippen LogP contribution in [0.3, 0.4) is 0 Å². The van der Waals surface area contributed by atoms with Crippen molar-refractivity contribution in [3.63, 3.8) is 0 Å². The van der Waals surface area contributed by atoms with Gasteiger partial charge in [0.05, 0.1) is 11.5 Å². The highest BCUT2D eigenvalue weighted by atomic mass is 19.4. The Morgan fingerprint density at radius 3 is 2.12 bits per heavy atom. The van der Waals surface area contributed by atoms with Crippen LogP contribution in [0.5, 0.6) is 0 Å². The van der Waals surface area contributed by atoms with E-state index in [0.29, 0.717) is 5.56 Å². The highest BCUT2D eigenvalue weighted by molar-refractivity contribution is 5.73. The maximum absolute atomic E-state index is 12.5. The average molecular weight is 347 g/mol. The second-order valence-corrected chi connectivity index (χ2v) is 6.32. The zero-order valence-corrected chi connectivity index (χ0v) is 13.6. The molecule has 0 aliphatic heterocycles. The minimum Gasteiger partial charge on any atom is -0.481 e. The molecular weight excluding hydrogens is 327 g/mol. The van der Waals surface area contributed by atoms with Crippen LogP contribution in [-0.2, 0) is 22.1 Å². The number of halogens is 3. The van der Waals surface area contributed by atoms with E-state index in [1.807, 2.05) is 0 Å². The molecule has 8 heteroatoms. The Labute approximate surface area is 137 Å². The van der Waals surface area contributed by atoms with Gasteiger partial charge >= 0.3 is 18.2 Å². The third kappa shape index (κ3) is 6.89. The van der Waals surface area contributed by atoms with Gasteiger partial charge in [0, 0.05) is 6.54 Å². The number of carbonyl (C=O) groups excluding carboxylic acids is 1. The number of carboxylic acids is 1. The lowest BCUT2D eigenvalue weighted by Gasteiger charge is -2.21. The van der Waals surface area contributed by atoms with Gasteiger partial charge in [-0.2, -0.15) is 13.2 Å². The van der Waals surface area contributed by atoms with Crippen LogP contribution >= 0.6 is 0 Å². The molecule has 24 heavy (non-hydrogen) atoms. The molecule has 0 fully saturated rings. The first kappa shape index (κ1) is 19.8. The zero-order valence-electron chi connectivity index (χ0n) is 13.6. The number of benzene rings is 1. The largest absolute Gasteiger partial charge is 0.481 e. The fraction of sp³-hybridized carbons (Fsp3) is 0.500. The molecule has 0 aromatic heterocycles. The Morgan fingerprint density at radius 1 is 1.17 bits per heavy atom. The zero-order chi connectivity index (χ0) is 18.5. The topological polar surface area (TPSA) is 75.6 Å². The van der Waals surface area contributed by atoms with E-state index in [9.17, 15) is 27.9 Å². The molecular formula is C16H20F3NO4. The van der Waals surface area contributed by atoms with Crippen LogP contribution in [0.25, 0.3) is 0 Å². The predicted octanol–water partition coefficient (Wildman–Crippen LogP) is 3.47. The van der Waals surface area contributed by atoms with Crippen molar-refractivity contribution < 1.29 is 32.6 Å². The molecule has 5 nitrogen and oxygen atoms in total. The van der Waals surface area contributed by atoms with Crippen molar-refractivity contribution in [2.24, 2.45) is 5.92 Å². The number of nitrogens with one attached hydrogen (secondary N) is 1. The Hall–Kier alpha value is -2.25. The number of carboxylic acid groups (broad SMARTS) is 1. The summed E-state index contributed by atoms with van der Waals surface area (Å²) in [5.41, 5.74) is -1.08. The van der Waals surface area contributed by atoms with Crippen LogP contribution in [0.15, 0.2) is 24.3 Å². The van der Waals surface area contributed by atoms with Crippen molar-refractivity contribution in [1.82, 2.24) is 5.32 Å². The van der Waals surface area contributed by atoms with E-state index in [2.05, 4.69) is 5.32 Å². The minimum absolute atomic E-state index is 0.0106. The summed E-state index contributed by atoms with van der Waals surface area (Å²) in [5, 5.41) is 11.5. The summed E-state index contributed by atoms with van der Waals surface area (Å²) in [6.45, 7) is 4.82. The molecule has 0 saturated carbocycles. The van der Waals surface area contributed by atoms with E-state index in [0.717, 1.165) is 12.1 Å². The number of carbonyl (C=O) groups is 2. The predicted molar refractivity (Wildman–Crippen MR) is 80.5 cm³/mol. The monoisotopic (exact) mass is 347 g/mol. The summed E-state index contributed by atoms with van der Waals surface area (Å²) in [5.74, 6) is -2.14. The molecule has 1 amide bonds. The lowest BCUT2D eigenvalue weighted by molar-refractivity contribution is -0.141. The van der Waals surface area contributed by atoms with Crippen molar-refractivity contribution in [3.8, 4) is 0 Å². The Kier molecular flexibility index (Phi) is 6.22. The first-order valence-corrected chi connectivity index (χ1v) is 7.24. The number of amides is 1. The van der Waals surface area contributed by atoms with Gasteiger partial charge in [0.1, 0.15) is 5.60 Å². The van der Waals surface area contributed by atoms with Gasteiger partial charge in [-0.25, -0.2) is 4.79 Å². The number of alkyl halides is 3. The third-order valence-electron chi connectivity index (χ3n) is 3.00. The van der Waals surface area contributed by atoms with Gasteiger partial charge < -0.3 is 15.2 Å². The van der Waals surface area contributed by atoms with Crippen LogP contribution in [0.2, 0.25) is 0 Å². The number of rotatable bonds is 5. The molecule has 0 spiro atoms. The summed E-state index contributed by atoms with van der Waals surface area (Å²) in [6, 6.07) is 4.25. The van der Waals surface area contributed by atoms with E-state index in [-0.39, 0.29) is 13.0 Å². The quantitative estimate of drug-likeness (QED) is 0.855. The fourth-order valence-corrected chi connectivity index (χ4v) is 1.88. The molecule has 1 aromatic rings. The van der Waals surface area contributed by atoms with Gasteiger partial charge in [0.25, 0.3) is 0 Å². The van der Waals surface area contributed by atoms with Crippen molar-refractivity contribution in [3.05, 3.63) is 35.4 Å². The van der Waals surface area contributed by atoms with Crippen molar-refractivity contribution in [2.45, 2.75) is 39.0 Å². The molecule has 134 valence electrons. The summed E-state index contributed by atoms with van der Waals surface area (Å²) in [6.07, 6.45) is -5.20. The number of hydrogen-bond acceptors (Lipinski definition) is 3. The highest BCUT2D eigenvalue weighted by Crippen LogP contribution is 2.29. The molecule has 0 saturated heterocycles. The normalized spacial score (nSPS) is 13.2. The Balaban J connectivity index is 2.67. The lowest BCUT2D eigenvalue weighted by Crippen LogP contribution is -2.37. The summed E-state index contributed by atoms with van der Waals surface area (Å²) in [4.78, 5) is 22.8. The smallest absolute Gasteiger partial charge is 0.416 e. The first-order valence-electron chi connectivity index (χ1n) is 7.24. The van der Waals surface area contributed by atoms with Gasteiger partial charge in [-0.15, -0.1) is 0 Å². The Morgan fingerprint density at radius 2 is 1.71 bits per heavy atom. The second-order valence-electron chi connectivity index (χ2n) is 6.32. The molecule has 1 rings (SSSR count). The second kappa shape index (κ2) is 7.55. The number of hydrogen-bond donors (Lipinski definition) is 2. The minimum atomic E-state index is -4.44. The lowest BCUT2D eigenvalue weighted by atomic mass is 9.98. The highest BCUT2D eigenvalue weighted by Gasteiger charge is 2.30. The summed E-state index contributed by atoms with van der Waals surface area (Å²) in [7, 11) is 0. The van der Waals surface area contributed by atoms with E-state index in [1.165, 1.54) is 12.1 Å². The van der Waals surface area contributed by atoms with Crippen molar-refractivity contribution >= 4 is 12.1 Å². The van der Waals surface area contributed by atoms with Crippen LogP contribution < -0.4 is 5.32 Å². The van der Waals surface area contributed by atoms with Crippen molar-refractivity contribution in [1.29, 1.82) is 0 Å². The first-order chi connectivity index (χ1) is 10.9. The van der Waals surface area contributed by atoms with Crippen LogP contribution in [0.4, 0.5) is 18.0 Å². The van der Waals surface area contributed by atoms with Crippen LogP contribution in [0.1, 0.15) is 31.9 Å². The van der Waals surface area contributed by atoms with E-state index in [4.69, 9.17) is 4.74 Å². The van der Waals surface area contributed by atoms with Crippen LogP contribution in [-0.4, -0.2) is 29.3 Å². The maximum Gasteiger partial charge on any atom is 0.416 e. The van der Waals surface area contributed by atoms with Gasteiger partial charge in [0.15, 0.2) is 0 Å². The van der Waals surface area contributed by atoms with Gasteiger partial charge in [-0.3, -0.25) is 4.79 Å². The molecule has 0 aliphatic carbocycles. The van der Waals surface area contributed by atoms with Crippen molar-refractivity contribution in [2.75, 3.05) is 6.54 Å². The fourth-order valence-electron chi connectivity index (χ4n) is 1.88. The maximum atomic E-state index is 12.5. The number of alkyl carbamates (subject to hydrolysis) is 1. The molecule has 1 aromatic carbocycles. The average Bonchev–Trinajstić information content (AvgIpc) is 2.40. The Bertz CT molecular complexity index is 576. The number of ether oxygens (including phenoxy) is 1. The molecule has 0 bridgehead atoms. The van der Waals surface area contributed by atoms with Gasteiger partial charge in [-0.05, 0) is 44.9 Å². The molecule has 1 unspecified atom stereocenters. The van der Waals surface area contributed by atoms with E-state index in [1.54, 1.807) is 20.8 Å². The molecule has 1 atom stereocenters. The summed E-state index contributed by atoms with van der Waals surface area (Å²) < 4.78 is 42.5. The van der Waals surface area contributed by atoms with Crippen LogP contribution in [0, 0.1) is 5.92 Å². The summed E-state index contributed by atoms with van der Waals surface area (Å²) >= 11 is 0. The van der Waals surface area contributed by atoms with Gasteiger partial charge in [-0.1, -0.05) is 12.1 Å². The van der Waals surface area contributed by atoms with E-state index >= 15 is 0 Å². The molecule has 2 N–H and O–H groups in total. The molecule has 0 radical (unpaired) electrons. The van der Waals surface area contributed by atoms with Gasteiger partial charge in [0.2, 0.25) is 0 Å². The molecule has 0 aliphatic rings. The number of aliphatic carboxylic acids is 1. The SMILES string of the molecule is CC(C)(C)OC(=O)NCC(Cc1ccc(C(F)(F)F)cc1)C(=O)O. The van der Waals surface area contributed by atoms with E-state index < -0.39 is 35.3 Å².